The first kappa shape index (κ1) is 19.8. The fraction of sp³-hybridized carbons (Fsp3) is 0.611. The largest absolute Gasteiger partial charge is 0.480 e. The lowest BCUT2D eigenvalue weighted by atomic mass is 9.96. The number of methoxy groups -OCH3 is 1. The normalized spacial score (nSPS) is 16.2. The number of rotatable bonds is 6. The minimum absolute atomic E-state index is 0.282. The van der Waals surface area contributed by atoms with Crippen LogP contribution < -0.4 is 20.7 Å². The second-order valence-corrected chi connectivity index (χ2v) is 7.69. The van der Waals surface area contributed by atoms with Gasteiger partial charge in [-0.15, -0.1) is 0 Å². The highest BCUT2D eigenvalue weighted by Gasteiger charge is 2.43. The first-order valence-electron chi connectivity index (χ1n) is 8.68. The number of hydrogen-bond donors (Lipinski definition) is 3. The summed E-state index contributed by atoms with van der Waals surface area (Å²) in [7, 11) is 1.49. The molecule has 0 unspecified atom stereocenters. The Hall–Kier alpha value is -2.51. The Kier molecular flexibility index (Phi) is 5.94. The zero-order valence-electron chi connectivity index (χ0n) is 16.0. The summed E-state index contributed by atoms with van der Waals surface area (Å²) in [5, 5.41) is 8.47. The molecule has 8 heteroatoms. The molecule has 144 valence electrons. The minimum Gasteiger partial charge on any atom is -0.480 e. The number of anilines is 1. The molecule has 1 heterocycles. The molecule has 1 aliphatic carbocycles. The second kappa shape index (κ2) is 7.80. The van der Waals surface area contributed by atoms with Gasteiger partial charge in [0.15, 0.2) is 0 Å². The Morgan fingerprint density at radius 2 is 1.96 bits per heavy atom. The van der Waals surface area contributed by atoms with Gasteiger partial charge in [0.05, 0.1) is 12.6 Å². The molecule has 1 fully saturated rings. The van der Waals surface area contributed by atoms with Gasteiger partial charge < -0.3 is 25.4 Å². The minimum atomic E-state index is -0.573. The van der Waals surface area contributed by atoms with Crippen molar-refractivity contribution in [3.63, 3.8) is 0 Å². The average molecular weight is 364 g/mol. The smallest absolute Gasteiger partial charge is 0.407 e. The van der Waals surface area contributed by atoms with Crippen molar-refractivity contribution in [2.24, 2.45) is 5.92 Å². The first-order valence-corrected chi connectivity index (χ1v) is 8.68. The van der Waals surface area contributed by atoms with E-state index in [4.69, 9.17) is 9.47 Å². The van der Waals surface area contributed by atoms with Crippen LogP contribution in [0.2, 0.25) is 0 Å². The van der Waals surface area contributed by atoms with Crippen molar-refractivity contribution in [3.8, 4) is 5.88 Å². The number of amides is 3. The van der Waals surface area contributed by atoms with Gasteiger partial charge in [-0.25, -0.2) is 14.6 Å². The molecule has 0 radical (unpaired) electrons. The van der Waals surface area contributed by atoms with Crippen LogP contribution in [0.15, 0.2) is 18.3 Å². The lowest BCUT2D eigenvalue weighted by Gasteiger charge is -2.32. The van der Waals surface area contributed by atoms with E-state index in [-0.39, 0.29) is 12.6 Å². The Bertz CT molecular complexity index is 655. The summed E-state index contributed by atoms with van der Waals surface area (Å²) in [6.07, 6.45) is 3.09. The molecule has 0 bridgehead atoms. The van der Waals surface area contributed by atoms with Crippen LogP contribution >= 0.6 is 0 Å². The molecular formula is C18H28N4O4. The van der Waals surface area contributed by atoms with E-state index >= 15 is 0 Å². The van der Waals surface area contributed by atoms with Gasteiger partial charge in [0.1, 0.15) is 11.3 Å². The van der Waals surface area contributed by atoms with Crippen molar-refractivity contribution in [1.29, 1.82) is 0 Å². The third kappa shape index (κ3) is 5.79. The van der Waals surface area contributed by atoms with Gasteiger partial charge in [-0.1, -0.05) is 0 Å². The van der Waals surface area contributed by atoms with Gasteiger partial charge in [-0.05, 0) is 58.6 Å². The maximum Gasteiger partial charge on any atom is 0.407 e. The van der Waals surface area contributed by atoms with E-state index in [0.29, 0.717) is 17.5 Å². The van der Waals surface area contributed by atoms with Gasteiger partial charge in [0.25, 0.3) is 0 Å². The summed E-state index contributed by atoms with van der Waals surface area (Å²) < 4.78 is 10.4. The first-order chi connectivity index (χ1) is 12.1. The second-order valence-electron chi connectivity index (χ2n) is 7.69. The SMILES string of the molecule is COc1ncccc1NC(=O)N[C@@](C)(CNC(=O)OC(C)(C)C)C1CC1. The third-order valence-corrected chi connectivity index (χ3v) is 4.09. The topological polar surface area (TPSA) is 102 Å². The van der Waals surface area contributed by atoms with Crippen LogP contribution in [-0.2, 0) is 4.74 Å². The maximum absolute atomic E-state index is 12.5. The summed E-state index contributed by atoms with van der Waals surface area (Å²) in [6.45, 7) is 7.62. The number of alkyl carbamates (subject to hydrolysis) is 1. The van der Waals surface area contributed by atoms with Crippen molar-refractivity contribution >= 4 is 17.8 Å². The molecule has 8 nitrogen and oxygen atoms in total. The van der Waals surface area contributed by atoms with Crippen LogP contribution in [0.4, 0.5) is 15.3 Å². The molecule has 1 aromatic rings. The Morgan fingerprint density at radius 1 is 1.27 bits per heavy atom. The third-order valence-electron chi connectivity index (χ3n) is 4.09. The van der Waals surface area contributed by atoms with E-state index in [0.717, 1.165) is 12.8 Å². The molecule has 1 aromatic heterocycles. The van der Waals surface area contributed by atoms with Crippen LogP contribution in [-0.4, -0.2) is 41.9 Å². The van der Waals surface area contributed by atoms with Crippen LogP contribution in [0.25, 0.3) is 0 Å². The molecule has 1 saturated carbocycles. The molecular weight excluding hydrogens is 336 g/mol. The number of nitrogens with zero attached hydrogens (tertiary/aromatic N) is 1. The van der Waals surface area contributed by atoms with E-state index in [1.807, 2.05) is 6.92 Å². The molecule has 1 aliphatic rings. The van der Waals surface area contributed by atoms with Gasteiger partial charge in [-0.3, -0.25) is 0 Å². The summed E-state index contributed by atoms with van der Waals surface area (Å²) in [4.78, 5) is 28.4. The van der Waals surface area contributed by atoms with Gasteiger partial charge in [0.2, 0.25) is 5.88 Å². The molecule has 0 aliphatic heterocycles. The average Bonchev–Trinajstić information content (AvgIpc) is 3.37. The Balaban J connectivity index is 1.96. The van der Waals surface area contributed by atoms with Crippen molar-refractivity contribution in [2.45, 2.75) is 51.7 Å². The van der Waals surface area contributed by atoms with E-state index in [1.54, 1.807) is 39.1 Å². The molecule has 26 heavy (non-hydrogen) atoms. The molecule has 0 aromatic carbocycles. The lowest BCUT2D eigenvalue weighted by Crippen LogP contribution is -2.56. The van der Waals surface area contributed by atoms with Crippen molar-refractivity contribution in [2.75, 3.05) is 19.0 Å². The fourth-order valence-corrected chi connectivity index (χ4v) is 2.64. The highest BCUT2D eigenvalue weighted by Crippen LogP contribution is 2.39. The number of aromatic nitrogens is 1. The molecule has 0 spiro atoms. The molecule has 2 rings (SSSR count). The number of carbonyl (C=O) groups excluding carboxylic acids is 2. The van der Waals surface area contributed by atoms with Gasteiger partial charge in [-0.2, -0.15) is 0 Å². The molecule has 3 amide bonds. The fourth-order valence-electron chi connectivity index (χ4n) is 2.64. The van der Waals surface area contributed by atoms with Crippen molar-refractivity contribution in [1.82, 2.24) is 15.6 Å². The Labute approximate surface area is 154 Å². The summed E-state index contributed by atoms with van der Waals surface area (Å²) >= 11 is 0. The van der Waals surface area contributed by atoms with Crippen LogP contribution in [0.3, 0.4) is 0 Å². The highest BCUT2D eigenvalue weighted by atomic mass is 16.6. The van der Waals surface area contributed by atoms with E-state index in [1.165, 1.54) is 7.11 Å². The van der Waals surface area contributed by atoms with Crippen molar-refractivity contribution in [3.05, 3.63) is 18.3 Å². The highest BCUT2D eigenvalue weighted by molar-refractivity contribution is 5.91. The number of carbonyl (C=O) groups is 2. The summed E-state index contributed by atoms with van der Waals surface area (Å²) in [5.74, 6) is 0.640. The molecule has 1 atom stereocenters. The van der Waals surface area contributed by atoms with E-state index in [9.17, 15) is 9.59 Å². The monoisotopic (exact) mass is 364 g/mol. The van der Waals surface area contributed by atoms with Gasteiger partial charge in [0, 0.05) is 12.7 Å². The van der Waals surface area contributed by atoms with Crippen LogP contribution in [0, 0.1) is 5.92 Å². The van der Waals surface area contributed by atoms with E-state index < -0.39 is 17.2 Å². The summed E-state index contributed by atoms with van der Waals surface area (Å²) in [6, 6.07) is 3.04. The number of pyridine rings is 1. The van der Waals surface area contributed by atoms with E-state index in [2.05, 4.69) is 20.9 Å². The maximum atomic E-state index is 12.5. The zero-order valence-corrected chi connectivity index (χ0v) is 16.0. The summed E-state index contributed by atoms with van der Waals surface area (Å²) in [5.41, 5.74) is -0.663. The van der Waals surface area contributed by atoms with Crippen LogP contribution in [0.1, 0.15) is 40.5 Å². The number of hydrogen-bond acceptors (Lipinski definition) is 5. The lowest BCUT2D eigenvalue weighted by molar-refractivity contribution is 0.0509. The quantitative estimate of drug-likeness (QED) is 0.720. The predicted molar refractivity (Wildman–Crippen MR) is 98.3 cm³/mol. The zero-order chi connectivity index (χ0) is 19.4. The Morgan fingerprint density at radius 3 is 2.54 bits per heavy atom. The van der Waals surface area contributed by atoms with Crippen LogP contribution in [0.5, 0.6) is 5.88 Å². The predicted octanol–water partition coefficient (Wildman–Crippen LogP) is 2.91. The number of nitrogens with one attached hydrogen (secondary N) is 3. The number of ether oxygens (including phenoxy) is 2. The van der Waals surface area contributed by atoms with Gasteiger partial charge >= 0.3 is 12.1 Å². The molecule has 3 N–H and O–H groups in total. The standard InChI is InChI=1S/C18H28N4O4/c1-17(2,3)26-16(24)20-11-18(4,12-8-9-12)22-15(23)21-13-7-6-10-19-14(13)25-5/h6-7,10,12H,8-9,11H2,1-5H3,(H,20,24)(H2,21,22,23)/t18-/m0/s1. The van der Waals surface area contributed by atoms with Crippen molar-refractivity contribution < 1.29 is 19.1 Å². The number of urea groups is 1. The molecule has 0 saturated heterocycles.